The first-order chi connectivity index (χ1) is 8.24. The van der Waals surface area contributed by atoms with Crippen molar-refractivity contribution in [3.05, 3.63) is 60.2 Å². The lowest BCUT2D eigenvalue weighted by Crippen LogP contribution is -2.14. The van der Waals surface area contributed by atoms with Crippen LogP contribution in [-0.4, -0.2) is 6.08 Å². The summed E-state index contributed by atoms with van der Waals surface area (Å²) in [5.74, 6) is 1.19. The van der Waals surface area contributed by atoms with E-state index in [1.165, 1.54) is 0 Å². The lowest BCUT2D eigenvalue weighted by atomic mass is 10.2. The van der Waals surface area contributed by atoms with E-state index in [1.807, 2.05) is 43.3 Å². The fraction of sp³-hybridized carbons (Fsp3) is 0.0714. The number of benzene rings is 2. The molecule has 17 heavy (non-hydrogen) atoms. The molecule has 0 spiro atoms. The molecule has 1 N–H and O–H groups in total. The molecule has 2 aromatic carbocycles. The topological polar surface area (TPSA) is 42.3 Å². The Hall–Kier alpha value is -2.29. The Labute approximate surface area is 100 Å². The summed E-state index contributed by atoms with van der Waals surface area (Å²) in [5.41, 5.74) is 1.08. The third-order valence-corrected chi connectivity index (χ3v) is 2.15. The second kappa shape index (κ2) is 5.16. The van der Waals surface area contributed by atoms with Crippen LogP contribution >= 0.6 is 0 Å². The zero-order valence-corrected chi connectivity index (χ0v) is 9.51. The van der Waals surface area contributed by atoms with Gasteiger partial charge in [0.25, 0.3) is 0 Å². The van der Waals surface area contributed by atoms with Gasteiger partial charge in [-0.2, -0.15) is 0 Å². The highest BCUT2D eigenvalue weighted by molar-refractivity contribution is 5.69. The highest BCUT2D eigenvalue weighted by Gasteiger charge is 2.03. The van der Waals surface area contributed by atoms with E-state index >= 15 is 0 Å². The number of aryl methyl sites for hydroxylation is 1. The normalized spacial score (nSPS) is 9.71. The van der Waals surface area contributed by atoms with E-state index in [9.17, 15) is 0 Å². The van der Waals surface area contributed by atoms with Crippen LogP contribution in [0.15, 0.2) is 54.6 Å². The van der Waals surface area contributed by atoms with E-state index in [0.717, 1.165) is 5.56 Å². The van der Waals surface area contributed by atoms with Gasteiger partial charge in [0.05, 0.1) is 0 Å². The average Bonchev–Trinajstić information content (AvgIpc) is 2.30. The van der Waals surface area contributed by atoms with Crippen molar-refractivity contribution in [2.75, 3.05) is 0 Å². The molecule has 0 bridgehead atoms. The summed E-state index contributed by atoms with van der Waals surface area (Å²) in [4.78, 5) is 0. The van der Waals surface area contributed by atoms with E-state index in [0.29, 0.717) is 11.5 Å². The van der Waals surface area contributed by atoms with E-state index in [4.69, 9.17) is 14.9 Å². The zero-order chi connectivity index (χ0) is 12.1. The number of para-hydroxylation sites is 1. The molecule has 2 rings (SSSR count). The minimum absolute atomic E-state index is 0.234. The Morgan fingerprint density at radius 1 is 0.882 bits per heavy atom. The molecule has 0 aliphatic heterocycles. The molecule has 0 unspecified atom stereocenters. The van der Waals surface area contributed by atoms with Crippen LogP contribution in [0.3, 0.4) is 0 Å². The Morgan fingerprint density at radius 2 is 1.53 bits per heavy atom. The smallest absolute Gasteiger partial charge is 0.391 e. The van der Waals surface area contributed by atoms with Crippen LogP contribution in [0, 0.1) is 12.3 Å². The molecule has 3 nitrogen and oxygen atoms in total. The van der Waals surface area contributed by atoms with Gasteiger partial charge in [0.1, 0.15) is 11.5 Å². The summed E-state index contributed by atoms with van der Waals surface area (Å²) < 4.78 is 10.5. The molecule has 86 valence electrons. The predicted octanol–water partition coefficient (Wildman–Crippen LogP) is 3.39. The maximum absolute atomic E-state index is 7.59. The van der Waals surface area contributed by atoms with Crippen LogP contribution < -0.4 is 9.47 Å². The molecule has 3 heteroatoms. The van der Waals surface area contributed by atoms with Gasteiger partial charge in [-0.25, -0.2) is 5.41 Å². The molecule has 2 aromatic rings. The standard InChI is InChI=1S/C14H13NO2/c1-11-6-5-9-13(10-11)17-14(15)16-12-7-3-2-4-8-12/h2-10,15H,1H3. The van der Waals surface area contributed by atoms with Crippen LogP contribution in [0.4, 0.5) is 0 Å². The second-order valence-electron chi connectivity index (χ2n) is 3.62. The Kier molecular flexibility index (Phi) is 3.40. The summed E-state index contributed by atoms with van der Waals surface area (Å²) in [5, 5.41) is 7.59. The highest BCUT2D eigenvalue weighted by Crippen LogP contribution is 2.14. The van der Waals surface area contributed by atoms with Crippen molar-refractivity contribution >= 4 is 6.08 Å². The van der Waals surface area contributed by atoms with E-state index in [-0.39, 0.29) is 6.08 Å². The molecule has 0 saturated carbocycles. The highest BCUT2D eigenvalue weighted by atomic mass is 16.7. The molecular weight excluding hydrogens is 214 g/mol. The fourth-order valence-electron chi connectivity index (χ4n) is 1.40. The summed E-state index contributed by atoms with van der Waals surface area (Å²) >= 11 is 0. The van der Waals surface area contributed by atoms with Crippen LogP contribution in [0.1, 0.15) is 5.56 Å². The maximum atomic E-state index is 7.59. The number of ether oxygens (including phenoxy) is 2. The molecule has 0 saturated heterocycles. The summed E-state index contributed by atoms with van der Waals surface area (Å²) in [6.45, 7) is 1.97. The third-order valence-electron chi connectivity index (χ3n) is 2.15. The number of hydrogen-bond donors (Lipinski definition) is 1. The molecule has 0 aromatic heterocycles. The number of nitrogens with one attached hydrogen (secondary N) is 1. The van der Waals surface area contributed by atoms with E-state index < -0.39 is 0 Å². The predicted molar refractivity (Wildman–Crippen MR) is 66.6 cm³/mol. The fourth-order valence-corrected chi connectivity index (χ4v) is 1.40. The third kappa shape index (κ3) is 3.34. The van der Waals surface area contributed by atoms with Gasteiger partial charge in [-0.3, -0.25) is 0 Å². The van der Waals surface area contributed by atoms with Gasteiger partial charge >= 0.3 is 6.08 Å². The first-order valence-corrected chi connectivity index (χ1v) is 5.30. The minimum atomic E-state index is -0.234. The molecular formula is C14H13NO2. The summed E-state index contributed by atoms with van der Waals surface area (Å²) in [7, 11) is 0. The van der Waals surface area contributed by atoms with Crippen molar-refractivity contribution in [1.82, 2.24) is 0 Å². The molecule has 0 fully saturated rings. The van der Waals surface area contributed by atoms with Gasteiger partial charge in [0.2, 0.25) is 0 Å². The molecule has 0 heterocycles. The van der Waals surface area contributed by atoms with Crippen LogP contribution in [-0.2, 0) is 0 Å². The maximum Gasteiger partial charge on any atom is 0.391 e. The minimum Gasteiger partial charge on any atom is -0.411 e. The molecule has 0 aliphatic carbocycles. The van der Waals surface area contributed by atoms with Crippen molar-refractivity contribution in [1.29, 1.82) is 5.41 Å². The molecule has 0 aliphatic rings. The molecule has 0 radical (unpaired) electrons. The van der Waals surface area contributed by atoms with Gasteiger partial charge < -0.3 is 9.47 Å². The monoisotopic (exact) mass is 227 g/mol. The molecule has 0 atom stereocenters. The Morgan fingerprint density at radius 3 is 2.24 bits per heavy atom. The van der Waals surface area contributed by atoms with E-state index in [1.54, 1.807) is 18.2 Å². The van der Waals surface area contributed by atoms with Gasteiger partial charge in [-0.05, 0) is 36.8 Å². The van der Waals surface area contributed by atoms with Crippen LogP contribution in [0.25, 0.3) is 0 Å². The zero-order valence-electron chi connectivity index (χ0n) is 9.51. The van der Waals surface area contributed by atoms with Gasteiger partial charge in [0, 0.05) is 0 Å². The van der Waals surface area contributed by atoms with Crippen molar-refractivity contribution in [3.63, 3.8) is 0 Å². The Balaban J connectivity index is 1.98. The van der Waals surface area contributed by atoms with Crippen molar-refractivity contribution < 1.29 is 9.47 Å². The molecule has 0 amide bonds. The Bertz CT molecular complexity index is 509. The number of rotatable bonds is 2. The quantitative estimate of drug-likeness (QED) is 0.631. The average molecular weight is 227 g/mol. The van der Waals surface area contributed by atoms with Gasteiger partial charge in [-0.1, -0.05) is 30.3 Å². The second-order valence-corrected chi connectivity index (χ2v) is 3.62. The van der Waals surface area contributed by atoms with Crippen molar-refractivity contribution in [2.45, 2.75) is 6.92 Å². The SMILES string of the molecule is Cc1cccc(OC(=N)Oc2ccccc2)c1. The number of hydrogen-bond acceptors (Lipinski definition) is 3. The summed E-state index contributed by atoms with van der Waals surface area (Å²) in [6.07, 6.45) is -0.234. The van der Waals surface area contributed by atoms with E-state index in [2.05, 4.69) is 0 Å². The first kappa shape index (κ1) is 11.2. The van der Waals surface area contributed by atoms with Gasteiger partial charge in [-0.15, -0.1) is 0 Å². The van der Waals surface area contributed by atoms with Crippen LogP contribution in [0.2, 0.25) is 0 Å². The lowest BCUT2D eigenvalue weighted by Gasteiger charge is -2.08. The largest absolute Gasteiger partial charge is 0.411 e. The van der Waals surface area contributed by atoms with Gasteiger partial charge in [0.15, 0.2) is 0 Å². The summed E-state index contributed by atoms with van der Waals surface area (Å²) in [6, 6.07) is 16.6. The lowest BCUT2D eigenvalue weighted by molar-refractivity contribution is 0.379. The van der Waals surface area contributed by atoms with Crippen LogP contribution in [0.5, 0.6) is 11.5 Å². The first-order valence-electron chi connectivity index (χ1n) is 5.30. The van der Waals surface area contributed by atoms with Crippen molar-refractivity contribution in [2.24, 2.45) is 0 Å². The van der Waals surface area contributed by atoms with Crippen molar-refractivity contribution in [3.8, 4) is 11.5 Å².